The van der Waals surface area contributed by atoms with Gasteiger partial charge in [-0.05, 0) is 25.5 Å². The summed E-state index contributed by atoms with van der Waals surface area (Å²) in [6.45, 7) is 8.66. The summed E-state index contributed by atoms with van der Waals surface area (Å²) in [6.07, 6.45) is 5.49. The van der Waals surface area contributed by atoms with Gasteiger partial charge in [0.15, 0.2) is 0 Å². The van der Waals surface area contributed by atoms with Crippen molar-refractivity contribution in [3.63, 3.8) is 0 Å². The van der Waals surface area contributed by atoms with Gasteiger partial charge in [-0.3, -0.25) is 0 Å². The van der Waals surface area contributed by atoms with Crippen LogP contribution in [0.2, 0.25) is 0 Å². The first-order valence-electron chi connectivity index (χ1n) is 5.66. The van der Waals surface area contributed by atoms with E-state index in [1.807, 2.05) is 12.4 Å². The van der Waals surface area contributed by atoms with Gasteiger partial charge >= 0.3 is 0 Å². The lowest BCUT2D eigenvalue weighted by molar-refractivity contribution is 0.936. The molecule has 0 aliphatic rings. The molecule has 1 N–H and O–H groups in total. The van der Waals surface area contributed by atoms with E-state index in [0.29, 0.717) is 0 Å². The lowest BCUT2D eigenvalue weighted by atomic mass is 10.1. The van der Waals surface area contributed by atoms with Gasteiger partial charge in [0.05, 0.1) is 6.20 Å². The SMILES string of the molecule is C=Cn1cc(CNc2ccc(C)cc2C)cn1. The monoisotopic (exact) mass is 227 g/mol. The third kappa shape index (κ3) is 2.75. The summed E-state index contributed by atoms with van der Waals surface area (Å²) in [6, 6.07) is 6.40. The Hall–Kier alpha value is -2.03. The van der Waals surface area contributed by atoms with Gasteiger partial charge in [0.25, 0.3) is 0 Å². The van der Waals surface area contributed by atoms with Crippen LogP contribution in [0.15, 0.2) is 37.2 Å². The van der Waals surface area contributed by atoms with Crippen molar-refractivity contribution in [2.75, 3.05) is 5.32 Å². The molecule has 2 rings (SSSR count). The van der Waals surface area contributed by atoms with Crippen LogP contribution in [0.25, 0.3) is 6.20 Å². The quantitative estimate of drug-likeness (QED) is 0.869. The number of benzene rings is 1. The highest BCUT2D eigenvalue weighted by Gasteiger charge is 2.00. The van der Waals surface area contributed by atoms with Crippen molar-refractivity contribution in [3.05, 3.63) is 53.9 Å². The number of anilines is 1. The lowest BCUT2D eigenvalue weighted by Gasteiger charge is -2.08. The first kappa shape index (κ1) is 11.5. The van der Waals surface area contributed by atoms with Gasteiger partial charge in [-0.15, -0.1) is 0 Å². The molecule has 0 unspecified atom stereocenters. The van der Waals surface area contributed by atoms with Crippen molar-refractivity contribution in [2.24, 2.45) is 0 Å². The maximum atomic E-state index is 4.14. The second-order valence-electron chi connectivity index (χ2n) is 4.18. The van der Waals surface area contributed by atoms with Crippen LogP contribution in [-0.4, -0.2) is 9.78 Å². The minimum atomic E-state index is 0.776. The highest BCUT2D eigenvalue weighted by Crippen LogP contribution is 2.16. The predicted molar refractivity (Wildman–Crippen MR) is 71.9 cm³/mol. The molecule has 0 aliphatic heterocycles. The standard InChI is InChI=1S/C14H17N3/c1-4-17-10-13(9-16-17)8-15-14-6-5-11(2)7-12(14)3/h4-7,9-10,15H,1,8H2,2-3H3. The minimum Gasteiger partial charge on any atom is -0.381 e. The normalized spacial score (nSPS) is 10.2. The van der Waals surface area contributed by atoms with Gasteiger partial charge in [0.2, 0.25) is 0 Å². The van der Waals surface area contributed by atoms with Crippen molar-refractivity contribution < 1.29 is 0 Å². The zero-order valence-corrected chi connectivity index (χ0v) is 10.3. The van der Waals surface area contributed by atoms with Crippen LogP contribution in [0.3, 0.4) is 0 Å². The van der Waals surface area contributed by atoms with Crippen molar-refractivity contribution in [2.45, 2.75) is 20.4 Å². The van der Waals surface area contributed by atoms with Gasteiger partial charge < -0.3 is 5.32 Å². The third-order valence-electron chi connectivity index (χ3n) is 2.71. The van der Waals surface area contributed by atoms with E-state index in [1.54, 1.807) is 10.9 Å². The molecule has 0 bridgehead atoms. The summed E-state index contributed by atoms with van der Waals surface area (Å²) in [5.41, 5.74) is 4.86. The van der Waals surface area contributed by atoms with E-state index in [0.717, 1.165) is 12.1 Å². The number of aryl methyl sites for hydroxylation is 2. The molecule has 1 aromatic heterocycles. The van der Waals surface area contributed by atoms with Crippen LogP contribution in [0.1, 0.15) is 16.7 Å². The Morgan fingerprint density at radius 2 is 2.24 bits per heavy atom. The average molecular weight is 227 g/mol. The summed E-state index contributed by atoms with van der Waals surface area (Å²) >= 11 is 0. The molecule has 17 heavy (non-hydrogen) atoms. The van der Waals surface area contributed by atoms with Crippen LogP contribution >= 0.6 is 0 Å². The Bertz CT molecular complexity index is 526. The molecule has 0 spiro atoms. The molecule has 0 radical (unpaired) electrons. The highest BCUT2D eigenvalue weighted by atomic mass is 15.2. The van der Waals surface area contributed by atoms with Gasteiger partial charge in [0.1, 0.15) is 0 Å². The maximum Gasteiger partial charge on any atom is 0.0543 e. The fraction of sp³-hybridized carbons (Fsp3) is 0.214. The molecule has 88 valence electrons. The Morgan fingerprint density at radius 1 is 1.41 bits per heavy atom. The Kier molecular flexibility index (Phi) is 3.28. The van der Waals surface area contributed by atoms with E-state index >= 15 is 0 Å². The van der Waals surface area contributed by atoms with E-state index in [9.17, 15) is 0 Å². The molecule has 0 fully saturated rings. The molecular weight excluding hydrogens is 210 g/mol. The lowest BCUT2D eigenvalue weighted by Crippen LogP contribution is -2.00. The second kappa shape index (κ2) is 4.87. The molecule has 0 aliphatic carbocycles. The van der Waals surface area contributed by atoms with E-state index in [1.165, 1.54) is 16.8 Å². The molecule has 2 aromatic rings. The second-order valence-corrected chi connectivity index (χ2v) is 4.18. The summed E-state index contributed by atoms with van der Waals surface area (Å²) in [5.74, 6) is 0. The number of aromatic nitrogens is 2. The highest BCUT2D eigenvalue weighted by molar-refractivity contribution is 5.52. The Labute approximate surface area is 102 Å². The molecule has 0 amide bonds. The number of hydrogen-bond acceptors (Lipinski definition) is 2. The van der Waals surface area contributed by atoms with Crippen molar-refractivity contribution in [3.8, 4) is 0 Å². The molecular formula is C14H17N3. The first-order valence-corrected chi connectivity index (χ1v) is 5.66. The average Bonchev–Trinajstić information content (AvgIpc) is 2.76. The molecule has 3 nitrogen and oxygen atoms in total. The largest absolute Gasteiger partial charge is 0.381 e. The summed E-state index contributed by atoms with van der Waals surface area (Å²) in [4.78, 5) is 0. The van der Waals surface area contributed by atoms with Crippen LogP contribution in [0, 0.1) is 13.8 Å². The van der Waals surface area contributed by atoms with Crippen molar-refractivity contribution in [1.29, 1.82) is 0 Å². The van der Waals surface area contributed by atoms with Gasteiger partial charge in [-0.25, -0.2) is 4.68 Å². The smallest absolute Gasteiger partial charge is 0.0543 e. The van der Waals surface area contributed by atoms with E-state index < -0.39 is 0 Å². The summed E-state index contributed by atoms with van der Waals surface area (Å²) in [7, 11) is 0. The Balaban J connectivity index is 2.04. The minimum absolute atomic E-state index is 0.776. The van der Waals surface area contributed by atoms with E-state index in [-0.39, 0.29) is 0 Å². The van der Waals surface area contributed by atoms with Gasteiger partial charge in [0, 0.05) is 30.2 Å². The number of hydrogen-bond donors (Lipinski definition) is 1. The third-order valence-corrected chi connectivity index (χ3v) is 2.71. The van der Waals surface area contributed by atoms with Crippen LogP contribution in [0.4, 0.5) is 5.69 Å². The molecule has 3 heteroatoms. The zero-order valence-electron chi connectivity index (χ0n) is 10.3. The molecule has 0 saturated carbocycles. The van der Waals surface area contributed by atoms with Crippen LogP contribution in [-0.2, 0) is 6.54 Å². The topological polar surface area (TPSA) is 29.9 Å². The maximum absolute atomic E-state index is 4.14. The summed E-state index contributed by atoms with van der Waals surface area (Å²) in [5, 5.41) is 7.55. The molecule has 0 atom stereocenters. The van der Waals surface area contributed by atoms with E-state index in [2.05, 4.69) is 49.0 Å². The number of nitrogens with zero attached hydrogens (tertiary/aromatic N) is 2. The van der Waals surface area contributed by atoms with Crippen molar-refractivity contribution >= 4 is 11.9 Å². The number of nitrogens with one attached hydrogen (secondary N) is 1. The molecule has 1 aromatic carbocycles. The molecule has 0 saturated heterocycles. The van der Waals surface area contributed by atoms with Crippen LogP contribution < -0.4 is 5.32 Å². The fourth-order valence-electron chi connectivity index (χ4n) is 1.78. The predicted octanol–water partition coefficient (Wildman–Crippen LogP) is 3.21. The Morgan fingerprint density at radius 3 is 2.88 bits per heavy atom. The first-order chi connectivity index (χ1) is 8.19. The zero-order chi connectivity index (χ0) is 12.3. The van der Waals surface area contributed by atoms with Crippen LogP contribution in [0.5, 0.6) is 0 Å². The summed E-state index contributed by atoms with van der Waals surface area (Å²) < 4.78 is 1.71. The van der Waals surface area contributed by atoms with Gasteiger partial charge in [-0.1, -0.05) is 24.3 Å². The molecule has 1 heterocycles. The van der Waals surface area contributed by atoms with Gasteiger partial charge in [-0.2, -0.15) is 5.10 Å². The number of rotatable bonds is 4. The van der Waals surface area contributed by atoms with Crippen molar-refractivity contribution in [1.82, 2.24) is 9.78 Å². The van der Waals surface area contributed by atoms with E-state index in [4.69, 9.17) is 0 Å². The fourth-order valence-corrected chi connectivity index (χ4v) is 1.78.